The first-order chi connectivity index (χ1) is 11.8. The molecule has 4 nitrogen and oxygen atoms in total. The van der Waals surface area contributed by atoms with Crippen LogP contribution >= 0.6 is 45.9 Å². The number of benzene rings is 1. The molecular weight excluding hydrogens is 433 g/mol. The van der Waals surface area contributed by atoms with Gasteiger partial charge in [-0.15, -0.1) is 11.3 Å². The predicted molar refractivity (Wildman–Crippen MR) is 109 cm³/mol. The van der Waals surface area contributed by atoms with Gasteiger partial charge >= 0.3 is 0 Å². The molecule has 9 heteroatoms. The zero-order valence-electron chi connectivity index (χ0n) is 14.4. The molecule has 3 rings (SSSR count). The first kappa shape index (κ1) is 21.4. The van der Waals surface area contributed by atoms with Gasteiger partial charge in [0.25, 0.3) is 5.91 Å². The van der Waals surface area contributed by atoms with Crippen molar-refractivity contribution >= 4 is 67.1 Å². The van der Waals surface area contributed by atoms with Crippen molar-refractivity contribution in [2.45, 2.75) is 6.92 Å². The number of amides is 1. The van der Waals surface area contributed by atoms with Gasteiger partial charge in [-0.25, -0.2) is 4.98 Å². The lowest BCUT2D eigenvalue weighted by Gasteiger charge is -2.21. The number of hydrogen-bond donors (Lipinski definition) is 0. The van der Waals surface area contributed by atoms with Crippen molar-refractivity contribution in [1.29, 1.82) is 0 Å². The van der Waals surface area contributed by atoms with E-state index >= 15 is 0 Å². The van der Waals surface area contributed by atoms with E-state index in [0.29, 0.717) is 25.9 Å². The molecule has 0 aliphatic carbocycles. The Morgan fingerprint density at radius 3 is 2.50 bits per heavy atom. The minimum atomic E-state index is -0.175. The number of likely N-dealkylation sites (N-methyl/N-ethyl adjacent to an activating group) is 1. The average Bonchev–Trinajstić information content (AvgIpc) is 3.09. The Morgan fingerprint density at radius 1 is 1.15 bits per heavy atom. The number of hydrogen-bond acceptors (Lipinski definition) is 5. The number of carbonyl (C=O) groups is 1. The average molecular weight is 450 g/mol. The van der Waals surface area contributed by atoms with Crippen LogP contribution < -0.4 is 17.3 Å². The van der Waals surface area contributed by atoms with Gasteiger partial charge < -0.3 is 17.3 Å². The van der Waals surface area contributed by atoms with Gasteiger partial charge in [0.1, 0.15) is 4.34 Å². The number of rotatable bonds is 5. The topological polar surface area (TPSA) is 36.4 Å². The highest BCUT2D eigenvalue weighted by Crippen LogP contribution is 2.35. The Morgan fingerprint density at radius 2 is 1.88 bits per heavy atom. The lowest BCUT2D eigenvalue weighted by molar-refractivity contribution is -0.0000126. The molecular formula is C17H17Cl3N3OS2-. The van der Waals surface area contributed by atoms with Gasteiger partial charge in [-0.1, -0.05) is 40.6 Å². The van der Waals surface area contributed by atoms with E-state index in [-0.39, 0.29) is 18.3 Å². The molecule has 0 atom stereocenters. The highest BCUT2D eigenvalue weighted by Gasteiger charge is 2.24. The van der Waals surface area contributed by atoms with Crippen molar-refractivity contribution in [2.75, 3.05) is 32.1 Å². The van der Waals surface area contributed by atoms with Crippen LogP contribution in [0, 0.1) is 6.92 Å². The zero-order chi connectivity index (χ0) is 18.1. The lowest BCUT2D eigenvalue weighted by Crippen LogP contribution is -3.00. The standard InChI is InChI=1S/C17H17Cl2N3OS2.ClH/c1-10-4-5-12-13(8-10)24-17(20-12)22(7-6-21(2)3)16(23)11-9-14(18)25-15(11)19;/h4-5,8-9H,6-7H2,1-3H3;1H/p-1. The van der Waals surface area contributed by atoms with Crippen molar-refractivity contribution in [2.24, 2.45) is 0 Å². The maximum Gasteiger partial charge on any atom is 0.262 e. The minimum absolute atomic E-state index is 0. The molecule has 0 bridgehead atoms. The molecule has 0 saturated carbocycles. The van der Waals surface area contributed by atoms with Gasteiger partial charge in [-0.3, -0.25) is 9.69 Å². The largest absolute Gasteiger partial charge is 1.00 e. The normalized spacial score (nSPS) is 11.0. The summed E-state index contributed by atoms with van der Waals surface area (Å²) in [6.45, 7) is 3.28. The van der Waals surface area contributed by atoms with Crippen LogP contribution in [0.2, 0.25) is 8.67 Å². The second-order valence-corrected chi connectivity index (χ2v) is 9.26. The van der Waals surface area contributed by atoms with Crippen molar-refractivity contribution < 1.29 is 17.2 Å². The molecule has 1 aromatic carbocycles. The summed E-state index contributed by atoms with van der Waals surface area (Å²) in [7, 11) is 3.94. The monoisotopic (exact) mass is 448 g/mol. The van der Waals surface area contributed by atoms with E-state index in [9.17, 15) is 4.79 Å². The third-order valence-corrected chi connectivity index (χ3v) is 6.20. The van der Waals surface area contributed by atoms with Crippen molar-refractivity contribution in [3.05, 3.63) is 44.1 Å². The first-order valence-corrected chi connectivity index (χ1v) is 10.0. The molecule has 140 valence electrons. The fraction of sp³-hybridized carbons (Fsp3) is 0.294. The van der Waals surface area contributed by atoms with Crippen LogP contribution in [0.15, 0.2) is 24.3 Å². The van der Waals surface area contributed by atoms with Crippen LogP contribution in [0.25, 0.3) is 10.2 Å². The van der Waals surface area contributed by atoms with Crippen molar-refractivity contribution in [3.63, 3.8) is 0 Å². The number of carbonyl (C=O) groups excluding carboxylic acids is 1. The Labute approximate surface area is 176 Å². The molecule has 26 heavy (non-hydrogen) atoms. The number of fused-ring (bicyclic) bond motifs is 1. The molecule has 0 saturated heterocycles. The maximum atomic E-state index is 13.1. The summed E-state index contributed by atoms with van der Waals surface area (Å²) >= 11 is 14.9. The van der Waals surface area contributed by atoms with Crippen LogP contribution in [0.3, 0.4) is 0 Å². The summed E-state index contributed by atoms with van der Waals surface area (Å²) in [4.78, 5) is 21.4. The Hall–Kier alpha value is -0.890. The third-order valence-electron chi connectivity index (χ3n) is 3.67. The van der Waals surface area contributed by atoms with Crippen LogP contribution in [0.5, 0.6) is 0 Å². The van der Waals surface area contributed by atoms with Crippen LogP contribution in [0.4, 0.5) is 5.13 Å². The van der Waals surface area contributed by atoms with Gasteiger partial charge in [-0.2, -0.15) is 0 Å². The molecule has 2 heterocycles. The van der Waals surface area contributed by atoms with Gasteiger partial charge in [-0.05, 0) is 44.8 Å². The quantitative estimate of drug-likeness (QED) is 0.599. The second-order valence-electron chi connectivity index (χ2n) is 5.97. The zero-order valence-corrected chi connectivity index (χ0v) is 18.3. The Kier molecular flexibility index (Phi) is 7.30. The molecule has 0 spiro atoms. The highest BCUT2D eigenvalue weighted by molar-refractivity contribution is 7.22. The van der Waals surface area contributed by atoms with Crippen molar-refractivity contribution in [1.82, 2.24) is 9.88 Å². The molecule has 0 fully saturated rings. The number of thiazole rings is 1. The molecule has 0 aliphatic rings. The predicted octanol–water partition coefficient (Wildman–Crippen LogP) is 2.19. The van der Waals surface area contributed by atoms with E-state index < -0.39 is 0 Å². The number of aromatic nitrogens is 1. The summed E-state index contributed by atoms with van der Waals surface area (Å²) in [5.74, 6) is -0.175. The summed E-state index contributed by atoms with van der Waals surface area (Å²) < 4.78 is 1.97. The van der Waals surface area contributed by atoms with Crippen LogP contribution in [0.1, 0.15) is 15.9 Å². The first-order valence-electron chi connectivity index (χ1n) is 7.64. The highest BCUT2D eigenvalue weighted by atomic mass is 35.5. The Bertz CT molecular complexity index is 923. The van der Waals surface area contributed by atoms with E-state index in [2.05, 4.69) is 11.1 Å². The van der Waals surface area contributed by atoms with Gasteiger partial charge in [0.2, 0.25) is 0 Å². The summed E-state index contributed by atoms with van der Waals surface area (Å²) in [6, 6.07) is 7.71. The molecule has 1 amide bonds. The molecule has 0 N–H and O–H groups in total. The number of halogens is 3. The van der Waals surface area contributed by atoms with Gasteiger partial charge in [0.05, 0.1) is 20.1 Å². The minimum Gasteiger partial charge on any atom is -1.00 e. The molecule has 0 aliphatic heterocycles. The lowest BCUT2D eigenvalue weighted by atomic mass is 10.2. The van der Waals surface area contributed by atoms with Crippen LogP contribution in [-0.2, 0) is 0 Å². The van der Waals surface area contributed by atoms with E-state index in [1.807, 2.05) is 38.1 Å². The van der Waals surface area contributed by atoms with Crippen LogP contribution in [-0.4, -0.2) is 43.0 Å². The van der Waals surface area contributed by atoms with Gasteiger partial charge in [0, 0.05) is 13.1 Å². The summed E-state index contributed by atoms with van der Waals surface area (Å²) in [6.07, 6.45) is 0. The molecule has 2 aromatic heterocycles. The molecule has 0 radical (unpaired) electrons. The maximum absolute atomic E-state index is 13.1. The number of thiophene rings is 1. The van der Waals surface area contributed by atoms with E-state index in [1.165, 1.54) is 28.2 Å². The summed E-state index contributed by atoms with van der Waals surface area (Å²) in [5.41, 5.74) is 2.48. The van der Waals surface area contributed by atoms with E-state index in [4.69, 9.17) is 23.2 Å². The number of anilines is 1. The SMILES string of the molecule is Cc1ccc2nc(N(CCN(C)C)C(=O)c3cc(Cl)sc3Cl)sc2c1.[Cl-]. The van der Waals surface area contributed by atoms with Crippen molar-refractivity contribution in [3.8, 4) is 0 Å². The fourth-order valence-corrected chi connectivity index (χ4v) is 4.89. The summed E-state index contributed by atoms with van der Waals surface area (Å²) in [5, 5.41) is 0.672. The Balaban J connectivity index is 0.00000243. The van der Waals surface area contributed by atoms with E-state index in [1.54, 1.807) is 11.0 Å². The van der Waals surface area contributed by atoms with E-state index in [0.717, 1.165) is 16.8 Å². The fourth-order valence-electron chi connectivity index (χ4n) is 2.35. The van der Waals surface area contributed by atoms with Gasteiger partial charge in [0.15, 0.2) is 5.13 Å². The number of aryl methyl sites for hydroxylation is 1. The smallest absolute Gasteiger partial charge is 0.262 e. The third kappa shape index (κ3) is 4.68. The molecule has 0 unspecified atom stereocenters. The number of nitrogens with zero attached hydrogens (tertiary/aromatic N) is 3. The molecule has 3 aromatic rings. The second kappa shape index (κ2) is 8.87.